The van der Waals surface area contributed by atoms with Crippen LogP contribution < -0.4 is 0 Å². The van der Waals surface area contributed by atoms with Crippen LogP contribution in [0.4, 0.5) is 0 Å². The van der Waals surface area contributed by atoms with Crippen LogP contribution in [0.3, 0.4) is 0 Å². The molecule has 0 atom stereocenters. The Morgan fingerprint density at radius 3 is 1.71 bits per heavy atom. The summed E-state index contributed by atoms with van der Waals surface area (Å²) in [6, 6.07) is 0. The van der Waals surface area contributed by atoms with Crippen molar-refractivity contribution in [3.8, 4) is 0 Å². The van der Waals surface area contributed by atoms with Crippen LogP contribution in [0.5, 0.6) is 0 Å². The number of quaternary nitrogens is 1. The molecule has 0 aromatic rings. The minimum absolute atomic E-state index is 0.262. The van der Waals surface area contributed by atoms with Gasteiger partial charge in [0.1, 0.15) is 0 Å². The van der Waals surface area contributed by atoms with Crippen molar-refractivity contribution in [2.45, 2.75) is 91.9 Å². The lowest BCUT2D eigenvalue weighted by Gasteiger charge is -2.35. The van der Waals surface area contributed by atoms with E-state index in [0.29, 0.717) is 12.3 Å². The molecule has 0 radical (unpaired) electrons. The summed E-state index contributed by atoms with van der Waals surface area (Å²) < 4.78 is 6.30. The molecule has 0 aliphatic rings. The smallest absolute Gasteiger partial charge is 0.337 e. The van der Waals surface area contributed by atoms with Gasteiger partial charge in [0.2, 0.25) is 6.73 Å². The summed E-state index contributed by atoms with van der Waals surface area (Å²) in [5.74, 6) is -0.262. The van der Waals surface area contributed by atoms with E-state index in [1.807, 2.05) is 0 Å². The van der Waals surface area contributed by atoms with E-state index >= 15 is 0 Å². The van der Waals surface area contributed by atoms with Gasteiger partial charge in [0.15, 0.2) is 0 Å². The van der Waals surface area contributed by atoms with E-state index in [2.05, 4.69) is 27.4 Å². The number of hydrogen-bond donors (Lipinski definition) is 0. The first-order valence-electron chi connectivity index (χ1n) is 10.2. The normalized spacial score (nSPS) is 11.5. The highest BCUT2D eigenvalue weighted by atomic mass is 16.5. The van der Waals surface area contributed by atoms with Crippen molar-refractivity contribution in [2.24, 2.45) is 0 Å². The zero-order valence-corrected chi connectivity index (χ0v) is 16.9. The van der Waals surface area contributed by atoms with Gasteiger partial charge in [-0.25, -0.2) is 4.79 Å². The second-order valence-corrected chi connectivity index (χ2v) is 7.22. The first kappa shape index (κ1) is 23.2. The molecule has 0 aliphatic carbocycles. The average Bonchev–Trinajstić information content (AvgIpc) is 2.59. The van der Waals surface area contributed by atoms with Gasteiger partial charge in [0.25, 0.3) is 0 Å². The highest BCUT2D eigenvalue weighted by Crippen LogP contribution is 2.14. The lowest BCUT2D eigenvalue weighted by molar-refractivity contribution is -0.940. The van der Waals surface area contributed by atoms with Gasteiger partial charge >= 0.3 is 5.97 Å². The number of hydrogen-bond acceptors (Lipinski definition) is 2. The molecule has 0 aromatic heterocycles. The van der Waals surface area contributed by atoms with E-state index in [4.69, 9.17) is 4.74 Å². The third-order valence-electron chi connectivity index (χ3n) is 5.15. The summed E-state index contributed by atoms with van der Waals surface area (Å²) in [5, 5.41) is 0. The van der Waals surface area contributed by atoms with Crippen molar-refractivity contribution in [3.05, 3.63) is 12.2 Å². The van der Waals surface area contributed by atoms with Crippen LogP contribution in [0, 0.1) is 0 Å². The first-order valence-corrected chi connectivity index (χ1v) is 10.2. The lowest BCUT2D eigenvalue weighted by atomic mass is 10.1. The fourth-order valence-electron chi connectivity index (χ4n) is 3.04. The van der Waals surface area contributed by atoms with E-state index in [1.54, 1.807) is 6.92 Å². The molecule has 142 valence electrons. The van der Waals surface area contributed by atoms with Gasteiger partial charge in [-0.05, 0) is 33.6 Å². The maximum atomic E-state index is 11.6. The van der Waals surface area contributed by atoms with Crippen LogP contribution in [-0.2, 0) is 9.53 Å². The van der Waals surface area contributed by atoms with Crippen molar-refractivity contribution in [1.29, 1.82) is 0 Å². The van der Waals surface area contributed by atoms with Crippen LogP contribution >= 0.6 is 0 Å². The van der Waals surface area contributed by atoms with Crippen LogP contribution in [0.2, 0.25) is 0 Å². The highest BCUT2D eigenvalue weighted by molar-refractivity contribution is 5.86. The molecule has 3 nitrogen and oxygen atoms in total. The Morgan fingerprint density at radius 2 is 1.29 bits per heavy atom. The standard InChI is InChI=1S/C21H42NO2/c1-6-9-10-11-12-13-14-15-16-17-18-22(7-2,8-3)19-24-21(23)20(4)5/h4,6-19H2,1-3,5H3/q+1. The Bertz CT molecular complexity index is 335. The fraction of sp³-hybridized carbons (Fsp3) is 0.857. The van der Waals surface area contributed by atoms with Crippen molar-refractivity contribution < 1.29 is 14.0 Å². The molecule has 0 bridgehead atoms. The van der Waals surface area contributed by atoms with E-state index in [0.717, 1.165) is 24.1 Å². The maximum absolute atomic E-state index is 11.6. The third kappa shape index (κ3) is 10.9. The maximum Gasteiger partial charge on any atom is 0.337 e. The summed E-state index contributed by atoms with van der Waals surface area (Å²) in [7, 11) is 0. The molecule has 0 saturated carbocycles. The molecule has 0 unspecified atom stereocenters. The van der Waals surface area contributed by atoms with Crippen molar-refractivity contribution in [1.82, 2.24) is 0 Å². The molecule has 0 aliphatic heterocycles. The molecule has 0 saturated heterocycles. The summed E-state index contributed by atoms with van der Waals surface area (Å²) in [5.41, 5.74) is 0.485. The van der Waals surface area contributed by atoms with Crippen molar-refractivity contribution in [2.75, 3.05) is 26.4 Å². The predicted molar refractivity (Wildman–Crippen MR) is 104 cm³/mol. The Morgan fingerprint density at radius 1 is 0.833 bits per heavy atom. The number of ether oxygens (including phenoxy) is 1. The quantitative estimate of drug-likeness (QED) is 0.116. The van der Waals surface area contributed by atoms with Crippen LogP contribution in [0.1, 0.15) is 91.9 Å². The lowest BCUT2D eigenvalue weighted by Crippen LogP contribution is -2.50. The molecule has 0 rings (SSSR count). The number of unbranched alkanes of at least 4 members (excludes halogenated alkanes) is 9. The van der Waals surface area contributed by atoms with Gasteiger partial charge in [-0.2, -0.15) is 0 Å². The third-order valence-corrected chi connectivity index (χ3v) is 5.15. The molecule has 0 heterocycles. The van der Waals surface area contributed by atoms with E-state index in [1.165, 1.54) is 64.2 Å². The van der Waals surface area contributed by atoms with E-state index < -0.39 is 0 Å². The zero-order chi connectivity index (χ0) is 18.3. The number of esters is 1. The molecule has 0 spiro atoms. The Hall–Kier alpha value is -0.830. The molecule has 0 fully saturated rings. The number of carbonyl (C=O) groups is 1. The zero-order valence-electron chi connectivity index (χ0n) is 16.9. The van der Waals surface area contributed by atoms with Gasteiger partial charge in [-0.3, -0.25) is 4.48 Å². The Labute approximate surface area is 151 Å². The van der Waals surface area contributed by atoms with Gasteiger partial charge < -0.3 is 4.74 Å². The SMILES string of the molecule is C=C(C)C(=O)OC[N+](CC)(CC)CCCCCCCCCCCC. The van der Waals surface area contributed by atoms with Gasteiger partial charge in [0, 0.05) is 5.57 Å². The van der Waals surface area contributed by atoms with Crippen LogP contribution in [-0.4, -0.2) is 36.8 Å². The Kier molecular flexibility index (Phi) is 14.0. The molecule has 0 amide bonds. The second kappa shape index (κ2) is 14.5. The van der Waals surface area contributed by atoms with Crippen molar-refractivity contribution >= 4 is 5.97 Å². The molecular formula is C21H42NO2+. The molecular weight excluding hydrogens is 298 g/mol. The average molecular weight is 341 g/mol. The van der Waals surface area contributed by atoms with Crippen molar-refractivity contribution in [3.63, 3.8) is 0 Å². The molecule has 0 N–H and O–H groups in total. The predicted octanol–water partition coefficient (Wildman–Crippen LogP) is 5.84. The Balaban J connectivity index is 3.84. The van der Waals surface area contributed by atoms with E-state index in [9.17, 15) is 4.79 Å². The van der Waals surface area contributed by atoms with Gasteiger partial charge in [-0.1, -0.05) is 64.9 Å². The first-order chi connectivity index (χ1) is 11.5. The van der Waals surface area contributed by atoms with E-state index in [-0.39, 0.29) is 5.97 Å². The second-order valence-electron chi connectivity index (χ2n) is 7.22. The number of rotatable bonds is 16. The minimum Gasteiger partial charge on any atom is -0.412 e. The van der Waals surface area contributed by atoms with Gasteiger partial charge in [0.05, 0.1) is 19.6 Å². The number of carbonyl (C=O) groups excluding carboxylic acids is 1. The monoisotopic (exact) mass is 340 g/mol. The summed E-state index contributed by atoms with van der Waals surface area (Å²) in [4.78, 5) is 11.6. The van der Waals surface area contributed by atoms with Gasteiger partial charge in [-0.15, -0.1) is 0 Å². The summed E-state index contributed by atoms with van der Waals surface area (Å²) in [6.07, 6.45) is 13.6. The minimum atomic E-state index is -0.262. The summed E-state index contributed by atoms with van der Waals surface area (Å²) in [6.45, 7) is 15.6. The molecule has 3 heteroatoms. The fourth-order valence-corrected chi connectivity index (χ4v) is 3.04. The highest BCUT2D eigenvalue weighted by Gasteiger charge is 2.24. The largest absolute Gasteiger partial charge is 0.412 e. The van der Waals surface area contributed by atoms with Crippen LogP contribution in [0.15, 0.2) is 12.2 Å². The number of nitrogens with zero attached hydrogens (tertiary/aromatic N) is 1. The summed E-state index contributed by atoms with van der Waals surface area (Å²) >= 11 is 0. The molecule has 24 heavy (non-hydrogen) atoms. The topological polar surface area (TPSA) is 26.3 Å². The van der Waals surface area contributed by atoms with Crippen LogP contribution in [0.25, 0.3) is 0 Å². The molecule has 0 aromatic carbocycles.